The van der Waals surface area contributed by atoms with E-state index in [0.717, 1.165) is 11.3 Å². The standard InChI is InChI=1S/C24H21ClO2S/c1-17-7-9-18(10-8-17)16-28-23(15-20-5-3-4-6-22(20)27-2)24(26)19-11-13-21(25)14-12-19/h3-15H,16H2,1-2H3/b23-15+. The Kier molecular flexibility index (Phi) is 6.96. The SMILES string of the molecule is COc1ccccc1/C=C(/SCc1ccc(C)cc1)C(=O)c1ccc(Cl)cc1. The zero-order valence-corrected chi connectivity index (χ0v) is 17.4. The highest BCUT2D eigenvalue weighted by atomic mass is 35.5. The maximum absolute atomic E-state index is 13.2. The van der Waals surface area contributed by atoms with Gasteiger partial charge in [-0.1, -0.05) is 59.6 Å². The number of carbonyl (C=O) groups excluding carboxylic acids is 1. The van der Waals surface area contributed by atoms with Gasteiger partial charge >= 0.3 is 0 Å². The van der Waals surface area contributed by atoms with E-state index in [2.05, 4.69) is 31.2 Å². The van der Waals surface area contributed by atoms with Crippen LogP contribution in [0.4, 0.5) is 0 Å². The lowest BCUT2D eigenvalue weighted by atomic mass is 10.1. The molecule has 0 atom stereocenters. The highest BCUT2D eigenvalue weighted by Gasteiger charge is 2.15. The molecule has 0 radical (unpaired) electrons. The number of carbonyl (C=O) groups is 1. The molecule has 0 bridgehead atoms. The molecule has 3 rings (SSSR count). The summed E-state index contributed by atoms with van der Waals surface area (Å²) in [6.07, 6.45) is 1.90. The number of thioether (sulfide) groups is 1. The van der Waals surface area contributed by atoms with E-state index < -0.39 is 0 Å². The molecule has 2 nitrogen and oxygen atoms in total. The summed E-state index contributed by atoms with van der Waals surface area (Å²) in [5, 5.41) is 0.610. The van der Waals surface area contributed by atoms with Crippen molar-refractivity contribution < 1.29 is 9.53 Å². The summed E-state index contributed by atoms with van der Waals surface area (Å²) in [6.45, 7) is 2.06. The topological polar surface area (TPSA) is 26.3 Å². The number of rotatable bonds is 7. The molecule has 3 aromatic carbocycles. The van der Waals surface area contributed by atoms with Crippen LogP contribution in [-0.4, -0.2) is 12.9 Å². The van der Waals surface area contributed by atoms with E-state index in [0.29, 0.717) is 21.2 Å². The lowest BCUT2D eigenvalue weighted by Crippen LogP contribution is -2.01. The Morgan fingerprint density at radius 3 is 2.36 bits per heavy atom. The molecule has 142 valence electrons. The van der Waals surface area contributed by atoms with Crippen molar-refractivity contribution in [3.63, 3.8) is 0 Å². The van der Waals surface area contributed by atoms with Crippen LogP contribution in [0.25, 0.3) is 6.08 Å². The summed E-state index contributed by atoms with van der Waals surface area (Å²) >= 11 is 7.50. The number of ketones is 1. The molecule has 0 aromatic heterocycles. The summed E-state index contributed by atoms with van der Waals surface area (Å²) in [7, 11) is 1.63. The highest BCUT2D eigenvalue weighted by molar-refractivity contribution is 8.03. The normalized spacial score (nSPS) is 11.3. The van der Waals surface area contributed by atoms with Gasteiger partial charge in [0, 0.05) is 21.9 Å². The zero-order valence-electron chi connectivity index (χ0n) is 15.8. The van der Waals surface area contributed by atoms with E-state index in [-0.39, 0.29) is 5.78 Å². The van der Waals surface area contributed by atoms with Gasteiger partial charge in [-0.3, -0.25) is 4.79 Å². The number of Topliss-reactive ketones (excluding diaryl/α,β-unsaturated/α-hetero) is 1. The van der Waals surface area contributed by atoms with Gasteiger partial charge in [0.2, 0.25) is 0 Å². The summed E-state index contributed by atoms with van der Waals surface area (Å²) in [5.74, 6) is 1.42. The fraction of sp³-hybridized carbons (Fsp3) is 0.125. The fourth-order valence-corrected chi connectivity index (χ4v) is 3.79. The molecule has 28 heavy (non-hydrogen) atoms. The van der Waals surface area contributed by atoms with Gasteiger partial charge in [-0.25, -0.2) is 0 Å². The Morgan fingerprint density at radius 1 is 1.00 bits per heavy atom. The van der Waals surface area contributed by atoms with Gasteiger partial charge in [-0.15, -0.1) is 11.8 Å². The summed E-state index contributed by atoms with van der Waals surface area (Å²) in [4.78, 5) is 13.8. The molecule has 0 aliphatic rings. The van der Waals surface area contributed by atoms with Crippen LogP contribution in [0.3, 0.4) is 0 Å². The Balaban J connectivity index is 1.92. The van der Waals surface area contributed by atoms with Crippen molar-refractivity contribution in [2.24, 2.45) is 0 Å². The first-order chi connectivity index (χ1) is 13.6. The average molecular weight is 409 g/mol. The number of hydrogen-bond acceptors (Lipinski definition) is 3. The van der Waals surface area contributed by atoms with Crippen molar-refractivity contribution >= 4 is 35.2 Å². The predicted molar refractivity (Wildman–Crippen MR) is 119 cm³/mol. The Morgan fingerprint density at radius 2 is 1.68 bits per heavy atom. The second-order valence-corrected chi connectivity index (χ2v) is 7.81. The van der Waals surface area contributed by atoms with Gasteiger partial charge in [0.05, 0.1) is 12.0 Å². The van der Waals surface area contributed by atoms with Crippen LogP contribution >= 0.6 is 23.4 Å². The van der Waals surface area contributed by atoms with E-state index in [1.807, 2.05) is 30.3 Å². The molecule has 0 heterocycles. The third-order valence-electron chi connectivity index (χ3n) is 4.27. The van der Waals surface area contributed by atoms with Crippen LogP contribution in [0.1, 0.15) is 27.0 Å². The van der Waals surface area contributed by atoms with Gasteiger partial charge in [-0.05, 0) is 48.9 Å². The van der Waals surface area contributed by atoms with E-state index in [9.17, 15) is 4.79 Å². The second-order valence-electron chi connectivity index (χ2n) is 6.36. The van der Waals surface area contributed by atoms with Crippen molar-refractivity contribution in [1.82, 2.24) is 0 Å². The Bertz CT molecular complexity index is 976. The molecule has 0 saturated carbocycles. The van der Waals surface area contributed by atoms with Crippen LogP contribution in [0.5, 0.6) is 5.75 Å². The van der Waals surface area contributed by atoms with Crippen LogP contribution in [-0.2, 0) is 5.75 Å². The van der Waals surface area contributed by atoms with Crippen LogP contribution < -0.4 is 4.74 Å². The van der Waals surface area contributed by atoms with Gasteiger partial charge < -0.3 is 4.74 Å². The fourth-order valence-electron chi connectivity index (χ4n) is 2.69. The summed E-state index contributed by atoms with van der Waals surface area (Å²) in [5.41, 5.74) is 3.88. The molecule has 0 aliphatic heterocycles. The number of allylic oxidation sites excluding steroid dienone is 1. The predicted octanol–water partition coefficient (Wildman–Crippen LogP) is 6.81. The number of halogens is 1. The number of methoxy groups -OCH3 is 1. The maximum Gasteiger partial charge on any atom is 0.199 e. The largest absolute Gasteiger partial charge is 0.496 e. The number of para-hydroxylation sites is 1. The third-order valence-corrected chi connectivity index (χ3v) is 5.61. The van der Waals surface area contributed by atoms with Crippen molar-refractivity contribution in [2.45, 2.75) is 12.7 Å². The molecule has 0 saturated heterocycles. The van der Waals surface area contributed by atoms with E-state index >= 15 is 0 Å². The summed E-state index contributed by atoms with van der Waals surface area (Å²) < 4.78 is 5.44. The van der Waals surface area contributed by atoms with Gasteiger partial charge in [-0.2, -0.15) is 0 Å². The molecular weight excluding hydrogens is 388 g/mol. The quantitative estimate of drug-likeness (QED) is 0.317. The second kappa shape index (κ2) is 9.63. The van der Waals surface area contributed by atoms with Crippen molar-refractivity contribution in [3.05, 3.63) is 105 Å². The zero-order chi connectivity index (χ0) is 19.9. The monoisotopic (exact) mass is 408 g/mol. The van der Waals surface area contributed by atoms with Crippen LogP contribution in [0.2, 0.25) is 5.02 Å². The van der Waals surface area contributed by atoms with Crippen LogP contribution in [0.15, 0.2) is 77.7 Å². The van der Waals surface area contributed by atoms with Crippen LogP contribution in [0, 0.1) is 6.92 Å². The minimum absolute atomic E-state index is 0.0281. The lowest BCUT2D eigenvalue weighted by molar-refractivity contribution is 0.104. The maximum atomic E-state index is 13.2. The number of hydrogen-bond donors (Lipinski definition) is 0. The van der Waals surface area contributed by atoms with E-state index in [1.54, 1.807) is 31.4 Å². The minimum Gasteiger partial charge on any atom is -0.496 e. The highest BCUT2D eigenvalue weighted by Crippen LogP contribution is 2.30. The van der Waals surface area contributed by atoms with E-state index in [4.69, 9.17) is 16.3 Å². The molecule has 3 aromatic rings. The third kappa shape index (κ3) is 5.28. The molecule has 0 fully saturated rings. The summed E-state index contributed by atoms with van der Waals surface area (Å²) in [6, 6.07) is 23.0. The molecule has 0 unspecified atom stereocenters. The Labute approximate surface area is 175 Å². The molecule has 0 amide bonds. The van der Waals surface area contributed by atoms with Gasteiger partial charge in [0.15, 0.2) is 5.78 Å². The van der Waals surface area contributed by atoms with Crippen molar-refractivity contribution in [2.75, 3.05) is 7.11 Å². The molecule has 0 aliphatic carbocycles. The molecule has 4 heteroatoms. The first-order valence-electron chi connectivity index (χ1n) is 8.90. The smallest absolute Gasteiger partial charge is 0.199 e. The minimum atomic E-state index is -0.0281. The number of benzene rings is 3. The van der Waals surface area contributed by atoms with Crippen molar-refractivity contribution in [3.8, 4) is 5.75 Å². The number of aryl methyl sites for hydroxylation is 1. The van der Waals surface area contributed by atoms with Crippen molar-refractivity contribution in [1.29, 1.82) is 0 Å². The Hall–Kier alpha value is -2.49. The first kappa shape index (κ1) is 20.2. The molecular formula is C24H21ClO2S. The van der Waals surface area contributed by atoms with Gasteiger partial charge in [0.25, 0.3) is 0 Å². The van der Waals surface area contributed by atoms with E-state index in [1.165, 1.54) is 22.9 Å². The average Bonchev–Trinajstić information content (AvgIpc) is 2.72. The first-order valence-corrected chi connectivity index (χ1v) is 10.3. The molecule has 0 spiro atoms. The lowest BCUT2D eigenvalue weighted by Gasteiger charge is -2.10. The molecule has 0 N–H and O–H groups in total. The number of ether oxygens (including phenoxy) is 1. The van der Waals surface area contributed by atoms with Gasteiger partial charge in [0.1, 0.15) is 5.75 Å².